The zero-order valence-electron chi connectivity index (χ0n) is 10.2. The molecule has 1 atom stereocenters. The number of nitrogen functional groups attached to an aromatic ring is 1. The largest absolute Gasteiger partial charge is 0.399 e. The van der Waals surface area contributed by atoms with Gasteiger partial charge in [-0.3, -0.25) is 4.79 Å². The van der Waals surface area contributed by atoms with Crippen LogP contribution in [0.25, 0.3) is 0 Å². The summed E-state index contributed by atoms with van der Waals surface area (Å²) < 4.78 is 0. The van der Waals surface area contributed by atoms with E-state index in [-0.39, 0.29) is 0 Å². The Morgan fingerprint density at radius 2 is 2.24 bits per heavy atom. The molecule has 0 aliphatic carbocycles. The molecule has 5 heteroatoms. The van der Waals surface area contributed by atoms with Gasteiger partial charge in [-0.2, -0.15) is 11.8 Å². The minimum Gasteiger partial charge on any atom is -0.399 e. The van der Waals surface area contributed by atoms with Crippen LogP contribution in [0.15, 0.2) is 18.2 Å². The zero-order valence-corrected chi connectivity index (χ0v) is 11.0. The van der Waals surface area contributed by atoms with Crippen molar-refractivity contribution in [3.8, 4) is 0 Å². The van der Waals surface area contributed by atoms with E-state index < -0.39 is 5.91 Å². The SMILES string of the molecule is CSCC(C)CNc1ccc(N)cc1C(N)=O. The molecule has 1 aromatic rings. The fraction of sp³-hybridized carbons (Fsp3) is 0.417. The number of amides is 1. The Labute approximate surface area is 106 Å². The van der Waals surface area contributed by atoms with Gasteiger partial charge in [0.2, 0.25) is 0 Å². The Morgan fingerprint density at radius 3 is 2.82 bits per heavy atom. The molecule has 17 heavy (non-hydrogen) atoms. The summed E-state index contributed by atoms with van der Waals surface area (Å²) in [5.74, 6) is 1.15. The molecule has 0 aliphatic heterocycles. The predicted molar refractivity (Wildman–Crippen MR) is 75.4 cm³/mol. The lowest BCUT2D eigenvalue weighted by Crippen LogP contribution is -2.18. The van der Waals surface area contributed by atoms with Crippen molar-refractivity contribution in [2.45, 2.75) is 6.92 Å². The maximum absolute atomic E-state index is 11.3. The maximum atomic E-state index is 11.3. The minimum absolute atomic E-state index is 0.446. The van der Waals surface area contributed by atoms with Gasteiger partial charge in [0, 0.05) is 17.9 Å². The summed E-state index contributed by atoms with van der Waals surface area (Å²) in [6.45, 7) is 2.97. The van der Waals surface area contributed by atoms with Gasteiger partial charge in [0.05, 0.1) is 5.56 Å². The van der Waals surface area contributed by atoms with Crippen molar-refractivity contribution in [1.82, 2.24) is 0 Å². The molecule has 0 radical (unpaired) electrons. The first-order chi connectivity index (χ1) is 8.04. The summed E-state index contributed by atoms with van der Waals surface area (Å²) in [6.07, 6.45) is 2.08. The van der Waals surface area contributed by atoms with E-state index in [4.69, 9.17) is 11.5 Å². The number of primary amides is 1. The summed E-state index contributed by atoms with van der Waals surface area (Å²) >= 11 is 1.81. The molecule has 0 aliphatic rings. The fourth-order valence-electron chi connectivity index (χ4n) is 1.55. The van der Waals surface area contributed by atoms with Crippen LogP contribution in [-0.2, 0) is 0 Å². The third-order valence-corrected chi connectivity index (χ3v) is 3.30. The minimum atomic E-state index is -0.461. The monoisotopic (exact) mass is 253 g/mol. The van der Waals surface area contributed by atoms with Gasteiger partial charge in [-0.25, -0.2) is 0 Å². The number of carbonyl (C=O) groups excluding carboxylic acids is 1. The summed E-state index contributed by atoms with van der Waals surface area (Å²) in [4.78, 5) is 11.3. The van der Waals surface area contributed by atoms with Crippen molar-refractivity contribution < 1.29 is 4.79 Å². The lowest BCUT2D eigenvalue weighted by molar-refractivity contribution is 0.100. The average Bonchev–Trinajstić information content (AvgIpc) is 2.27. The van der Waals surface area contributed by atoms with Crippen LogP contribution in [0, 0.1) is 5.92 Å². The normalized spacial score (nSPS) is 12.1. The van der Waals surface area contributed by atoms with Crippen molar-refractivity contribution in [2.24, 2.45) is 11.7 Å². The van der Waals surface area contributed by atoms with Gasteiger partial charge in [-0.1, -0.05) is 6.92 Å². The van der Waals surface area contributed by atoms with Gasteiger partial charge in [-0.15, -0.1) is 0 Å². The second-order valence-electron chi connectivity index (χ2n) is 4.11. The van der Waals surface area contributed by atoms with Crippen molar-refractivity contribution in [3.05, 3.63) is 23.8 Å². The van der Waals surface area contributed by atoms with Gasteiger partial charge < -0.3 is 16.8 Å². The molecule has 0 fully saturated rings. The molecule has 1 amide bonds. The third kappa shape index (κ3) is 4.19. The number of hydrogen-bond donors (Lipinski definition) is 3. The van der Waals surface area contributed by atoms with Crippen LogP contribution in [0.2, 0.25) is 0 Å². The fourth-order valence-corrected chi connectivity index (χ4v) is 2.23. The molecule has 1 rings (SSSR count). The lowest BCUT2D eigenvalue weighted by Gasteiger charge is -2.14. The molecule has 0 spiro atoms. The van der Waals surface area contributed by atoms with E-state index in [1.807, 2.05) is 0 Å². The Bertz CT molecular complexity index is 395. The number of hydrogen-bond acceptors (Lipinski definition) is 4. The molecular weight excluding hydrogens is 234 g/mol. The molecule has 5 N–H and O–H groups in total. The van der Waals surface area contributed by atoms with Crippen LogP contribution >= 0.6 is 11.8 Å². The number of benzene rings is 1. The second-order valence-corrected chi connectivity index (χ2v) is 5.02. The highest BCUT2D eigenvalue weighted by Gasteiger charge is 2.09. The van der Waals surface area contributed by atoms with E-state index in [1.54, 1.807) is 30.0 Å². The quantitative estimate of drug-likeness (QED) is 0.675. The number of carbonyl (C=O) groups is 1. The number of rotatable bonds is 6. The highest BCUT2D eigenvalue weighted by Crippen LogP contribution is 2.19. The summed E-state index contributed by atoms with van der Waals surface area (Å²) in [7, 11) is 0. The molecule has 94 valence electrons. The van der Waals surface area contributed by atoms with Crippen LogP contribution in [0.5, 0.6) is 0 Å². The molecule has 0 aromatic heterocycles. The Balaban J connectivity index is 2.73. The number of nitrogens with one attached hydrogen (secondary N) is 1. The van der Waals surface area contributed by atoms with Gasteiger partial charge >= 0.3 is 0 Å². The summed E-state index contributed by atoms with van der Waals surface area (Å²) in [5, 5.41) is 3.24. The smallest absolute Gasteiger partial charge is 0.250 e. The molecule has 0 saturated carbocycles. The molecule has 1 aromatic carbocycles. The average molecular weight is 253 g/mol. The topological polar surface area (TPSA) is 81.1 Å². The van der Waals surface area contributed by atoms with Crippen LogP contribution < -0.4 is 16.8 Å². The molecular formula is C12H19N3OS. The van der Waals surface area contributed by atoms with Crippen LogP contribution in [0.3, 0.4) is 0 Å². The van der Waals surface area contributed by atoms with Crippen molar-refractivity contribution in [2.75, 3.05) is 29.6 Å². The van der Waals surface area contributed by atoms with E-state index >= 15 is 0 Å². The molecule has 4 nitrogen and oxygen atoms in total. The van der Waals surface area contributed by atoms with E-state index in [1.165, 1.54) is 0 Å². The van der Waals surface area contributed by atoms with Crippen LogP contribution in [-0.4, -0.2) is 24.5 Å². The van der Waals surface area contributed by atoms with Gasteiger partial charge in [0.1, 0.15) is 0 Å². The lowest BCUT2D eigenvalue weighted by atomic mass is 10.1. The van der Waals surface area contributed by atoms with Gasteiger partial charge in [-0.05, 0) is 36.1 Å². The number of thioether (sulfide) groups is 1. The zero-order chi connectivity index (χ0) is 12.8. The predicted octanol–water partition coefficient (Wildman–Crippen LogP) is 1.78. The van der Waals surface area contributed by atoms with E-state index in [0.717, 1.165) is 18.0 Å². The van der Waals surface area contributed by atoms with Crippen molar-refractivity contribution in [3.63, 3.8) is 0 Å². The first-order valence-corrected chi connectivity index (χ1v) is 6.86. The Morgan fingerprint density at radius 1 is 1.53 bits per heavy atom. The van der Waals surface area contributed by atoms with Crippen molar-refractivity contribution in [1.29, 1.82) is 0 Å². The van der Waals surface area contributed by atoms with E-state index in [0.29, 0.717) is 17.2 Å². The number of anilines is 2. The van der Waals surface area contributed by atoms with Crippen LogP contribution in [0.4, 0.5) is 11.4 Å². The second kappa shape index (κ2) is 6.39. The van der Waals surface area contributed by atoms with E-state index in [9.17, 15) is 4.79 Å². The molecule has 1 unspecified atom stereocenters. The van der Waals surface area contributed by atoms with E-state index in [2.05, 4.69) is 18.5 Å². The number of nitrogens with two attached hydrogens (primary N) is 2. The Hall–Kier alpha value is -1.36. The first-order valence-electron chi connectivity index (χ1n) is 5.46. The van der Waals surface area contributed by atoms with Crippen molar-refractivity contribution >= 4 is 29.0 Å². The Kier molecular flexibility index (Phi) is 5.15. The standard InChI is InChI=1S/C12H19N3OS/c1-8(7-17-2)6-15-11-4-3-9(13)5-10(11)12(14)16/h3-5,8,15H,6-7,13H2,1-2H3,(H2,14,16). The highest BCUT2D eigenvalue weighted by molar-refractivity contribution is 7.98. The molecule has 0 saturated heterocycles. The highest BCUT2D eigenvalue weighted by atomic mass is 32.2. The first kappa shape index (κ1) is 13.7. The van der Waals surface area contributed by atoms with Gasteiger partial charge in [0.25, 0.3) is 5.91 Å². The maximum Gasteiger partial charge on any atom is 0.250 e. The van der Waals surface area contributed by atoms with Gasteiger partial charge in [0.15, 0.2) is 0 Å². The third-order valence-electron chi connectivity index (χ3n) is 2.40. The van der Waals surface area contributed by atoms with Crippen LogP contribution in [0.1, 0.15) is 17.3 Å². The summed E-state index contributed by atoms with van der Waals surface area (Å²) in [5.41, 5.74) is 12.7. The molecule has 0 bridgehead atoms. The molecule has 0 heterocycles. The summed E-state index contributed by atoms with van der Waals surface area (Å²) in [6, 6.07) is 5.15.